The van der Waals surface area contributed by atoms with E-state index >= 15 is 0 Å². The zero-order valence-corrected chi connectivity index (χ0v) is 21.9. The van der Waals surface area contributed by atoms with E-state index in [1.54, 1.807) is 31.3 Å². The minimum atomic E-state index is -0.452. The van der Waals surface area contributed by atoms with E-state index in [0.717, 1.165) is 13.1 Å². The van der Waals surface area contributed by atoms with Crippen molar-refractivity contribution in [2.75, 3.05) is 43.9 Å². The number of ether oxygens (including phenoxy) is 1. The normalized spacial score (nSPS) is 15.6. The number of methoxy groups -OCH3 is 1. The van der Waals surface area contributed by atoms with Gasteiger partial charge in [-0.15, -0.1) is 0 Å². The van der Waals surface area contributed by atoms with Gasteiger partial charge in [-0.1, -0.05) is 11.6 Å². The van der Waals surface area contributed by atoms with Crippen molar-refractivity contribution in [3.8, 4) is 11.3 Å². The molecule has 200 valence electrons. The Hall–Kier alpha value is -3.67. The highest BCUT2D eigenvalue weighted by atomic mass is 35.5. The number of aryl methyl sites for hydroxylation is 1. The largest absolute Gasteiger partial charge is 0.469 e. The zero-order chi connectivity index (χ0) is 27.1. The number of benzene rings is 1. The summed E-state index contributed by atoms with van der Waals surface area (Å²) < 4.78 is 19.1. The number of carbonyl (C=O) groups is 2. The SMILES string of the molecule is COC(=O)CC1CN(CCC(=O)Nc2cc(Nc3cc(-c4cc(Cl)ccc4F)nnc3C)ccn2)CCN1. The van der Waals surface area contributed by atoms with E-state index in [9.17, 15) is 14.0 Å². The quantitative estimate of drug-likeness (QED) is 0.349. The third kappa shape index (κ3) is 7.44. The molecule has 3 heterocycles. The molecule has 0 aliphatic carbocycles. The monoisotopic (exact) mass is 541 g/mol. The number of hydrogen-bond acceptors (Lipinski definition) is 9. The van der Waals surface area contributed by atoms with Crippen LogP contribution in [0, 0.1) is 12.7 Å². The van der Waals surface area contributed by atoms with Crippen LogP contribution in [0.25, 0.3) is 11.3 Å². The second kappa shape index (κ2) is 12.7. The maximum Gasteiger partial charge on any atom is 0.307 e. The van der Waals surface area contributed by atoms with Gasteiger partial charge in [0, 0.05) is 67.2 Å². The number of amides is 1. The van der Waals surface area contributed by atoms with Crippen molar-refractivity contribution in [1.29, 1.82) is 0 Å². The zero-order valence-electron chi connectivity index (χ0n) is 21.1. The summed E-state index contributed by atoms with van der Waals surface area (Å²) >= 11 is 6.03. The number of hydrogen-bond donors (Lipinski definition) is 3. The Kier molecular flexibility index (Phi) is 9.16. The number of aromatic nitrogens is 3. The molecule has 1 aliphatic heterocycles. The number of nitrogens with one attached hydrogen (secondary N) is 3. The molecule has 4 rings (SSSR count). The first-order valence-electron chi connectivity index (χ1n) is 12.2. The number of pyridine rings is 1. The number of carbonyl (C=O) groups excluding carboxylic acids is 2. The van der Waals surface area contributed by atoms with Crippen molar-refractivity contribution < 1.29 is 18.7 Å². The van der Waals surface area contributed by atoms with Gasteiger partial charge in [0.05, 0.1) is 30.6 Å². The van der Waals surface area contributed by atoms with Crippen molar-refractivity contribution in [3.63, 3.8) is 0 Å². The molecule has 3 N–H and O–H groups in total. The molecule has 0 spiro atoms. The Morgan fingerprint density at radius 1 is 1.24 bits per heavy atom. The number of nitrogens with zero attached hydrogens (tertiary/aromatic N) is 4. The van der Waals surface area contributed by atoms with E-state index in [2.05, 4.69) is 36.0 Å². The lowest BCUT2D eigenvalue weighted by Gasteiger charge is -2.33. The fourth-order valence-corrected chi connectivity index (χ4v) is 4.29. The number of piperazine rings is 1. The van der Waals surface area contributed by atoms with E-state index in [4.69, 9.17) is 16.3 Å². The average Bonchev–Trinajstić information content (AvgIpc) is 2.90. The molecule has 1 atom stereocenters. The summed E-state index contributed by atoms with van der Waals surface area (Å²) in [7, 11) is 1.38. The maximum absolute atomic E-state index is 14.3. The van der Waals surface area contributed by atoms with Crippen LogP contribution in [0.1, 0.15) is 18.5 Å². The van der Waals surface area contributed by atoms with Crippen LogP contribution in [0.3, 0.4) is 0 Å². The van der Waals surface area contributed by atoms with Crippen LogP contribution in [0.4, 0.5) is 21.6 Å². The summed E-state index contributed by atoms with van der Waals surface area (Å²) in [6.07, 6.45) is 2.16. The van der Waals surface area contributed by atoms with Gasteiger partial charge in [0.1, 0.15) is 11.6 Å². The van der Waals surface area contributed by atoms with E-state index < -0.39 is 5.82 Å². The van der Waals surface area contributed by atoms with E-state index in [-0.39, 0.29) is 29.9 Å². The van der Waals surface area contributed by atoms with Gasteiger partial charge in [0.25, 0.3) is 0 Å². The Balaban J connectivity index is 1.35. The van der Waals surface area contributed by atoms with E-state index in [1.807, 2.05) is 0 Å². The highest BCUT2D eigenvalue weighted by molar-refractivity contribution is 6.30. The minimum absolute atomic E-state index is 0.00528. The molecule has 1 amide bonds. The Bertz CT molecular complexity index is 1310. The Morgan fingerprint density at radius 3 is 2.89 bits per heavy atom. The molecule has 38 heavy (non-hydrogen) atoms. The molecule has 3 aromatic rings. The van der Waals surface area contributed by atoms with Crippen LogP contribution in [-0.4, -0.2) is 71.3 Å². The molecular formula is C26H29ClFN7O3. The highest BCUT2D eigenvalue weighted by Gasteiger charge is 2.22. The van der Waals surface area contributed by atoms with Gasteiger partial charge < -0.3 is 20.7 Å². The summed E-state index contributed by atoms with van der Waals surface area (Å²) in [4.78, 5) is 30.5. The molecule has 10 nitrogen and oxygen atoms in total. The third-order valence-corrected chi connectivity index (χ3v) is 6.36. The summed E-state index contributed by atoms with van der Waals surface area (Å²) in [5.41, 5.74) is 2.48. The predicted molar refractivity (Wildman–Crippen MR) is 143 cm³/mol. The Morgan fingerprint density at radius 2 is 2.08 bits per heavy atom. The van der Waals surface area contributed by atoms with Crippen LogP contribution < -0.4 is 16.0 Å². The van der Waals surface area contributed by atoms with Gasteiger partial charge in [-0.25, -0.2) is 9.37 Å². The molecular weight excluding hydrogens is 513 g/mol. The van der Waals surface area contributed by atoms with Crippen LogP contribution in [0.2, 0.25) is 5.02 Å². The van der Waals surface area contributed by atoms with Crippen LogP contribution in [0.5, 0.6) is 0 Å². The lowest BCUT2D eigenvalue weighted by molar-refractivity contribution is -0.141. The molecule has 1 fully saturated rings. The van der Waals surface area contributed by atoms with Gasteiger partial charge >= 0.3 is 5.97 Å². The first-order valence-corrected chi connectivity index (χ1v) is 12.5. The van der Waals surface area contributed by atoms with Gasteiger partial charge in [-0.2, -0.15) is 10.2 Å². The van der Waals surface area contributed by atoms with Crippen molar-refractivity contribution in [3.05, 3.63) is 59.1 Å². The van der Waals surface area contributed by atoms with Crippen molar-refractivity contribution in [2.24, 2.45) is 0 Å². The second-order valence-electron chi connectivity index (χ2n) is 8.94. The number of esters is 1. The lowest BCUT2D eigenvalue weighted by Crippen LogP contribution is -2.51. The van der Waals surface area contributed by atoms with Crippen LogP contribution in [0.15, 0.2) is 42.6 Å². The molecule has 0 radical (unpaired) electrons. The summed E-state index contributed by atoms with van der Waals surface area (Å²) in [6.45, 7) is 4.55. The molecule has 1 aromatic carbocycles. The van der Waals surface area contributed by atoms with Crippen LogP contribution >= 0.6 is 11.6 Å². The number of rotatable bonds is 9. The molecule has 1 aliphatic rings. The van der Waals surface area contributed by atoms with Gasteiger partial charge in [0.2, 0.25) is 5.91 Å². The number of anilines is 3. The van der Waals surface area contributed by atoms with E-state index in [0.29, 0.717) is 53.1 Å². The van der Waals surface area contributed by atoms with Gasteiger partial charge in [-0.05, 0) is 37.3 Å². The van der Waals surface area contributed by atoms with E-state index in [1.165, 1.54) is 25.3 Å². The molecule has 0 bridgehead atoms. The molecule has 1 unspecified atom stereocenters. The van der Waals surface area contributed by atoms with Crippen LogP contribution in [-0.2, 0) is 14.3 Å². The maximum atomic E-state index is 14.3. The first-order chi connectivity index (χ1) is 18.3. The topological polar surface area (TPSA) is 121 Å². The predicted octanol–water partition coefficient (Wildman–Crippen LogP) is 3.55. The lowest BCUT2D eigenvalue weighted by atomic mass is 10.1. The van der Waals surface area contributed by atoms with Crippen molar-refractivity contribution >= 4 is 40.7 Å². The Labute approximate surface area is 224 Å². The number of halogens is 2. The first kappa shape index (κ1) is 27.4. The molecule has 12 heteroatoms. The van der Waals surface area contributed by atoms with Gasteiger partial charge in [-0.3, -0.25) is 14.5 Å². The smallest absolute Gasteiger partial charge is 0.307 e. The molecule has 1 saturated heterocycles. The average molecular weight is 542 g/mol. The standard InChI is InChI=1S/C26H29ClFN7O3/c1-16-22(14-23(34-33-16)20-11-17(27)3-4-21(20)28)31-18-5-7-30-24(12-18)32-25(36)6-9-35-10-8-29-19(15-35)13-26(37)38-2/h3-5,7,11-12,14,19,29H,6,8-10,13,15H2,1-2H3,(H2,30,31,32,34,36). The van der Waals surface area contributed by atoms with Crippen molar-refractivity contribution in [1.82, 2.24) is 25.4 Å². The molecule has 0 saturated carbocycles. The summed E-state index contributed by atoms with van der Waals surface area (Å²) in [6, 6.07) is 9.40. The summed E-state index contributed by atoms with van der Waals surface area (Å²) in [5.74, 6) is -0.484. The summed E-state index contributed by atoms with van der Waals surface area (Å²) in [5, 5.41) is 18.0. The fraction of sp³-hybridized carbons (Fsp3) is 0.346. The van der Waals surface area contributed by atoms with Gasteiger partial charge in [0.15, 0.2) is 0 Å². The van der Waals surface area contributed by atoms with Crippen molar-refractivity contribution in [2.45, 2.75) is 25.8 Å². The highest BCUT2D eigenvalue weighted by Crippen LogP contribution is 2.28. The molecule has 2 aromatic heterocycles. The third-order valence-electron chi connectivity index (χ3n) is 6.12. The fourth-order valence-electron chi connectivity index (χ4n) is 4.12. The minimum Gasteiger partial charge on any atom is -0.469 e. The second-order valence-corrected chi connectivity index (χ2v) is 9.37.